The van der Waals surface area contributed by atoms with Gasteiger partial charge in [-0.3, -0.25) is 4.79 Å². The second kappa shape index (κ2) is 7.49. The van der Waals surface area contributed by atoms with Crippen LogP contribution in [0.5, 0.6) is 0 Å². The van der Waals surface area contributed by atoms with Gasteiger partial charge in [-0.2, -0.15) is 0 Å². The molecule has 2 N–H and O–H groups in total. The lowest BCUT2D eigenvalue weighted by atomic mass is 10.2. The summed E-state index contributed by atoms with van der Waals surface area (Å²) in [6, 6.07) is 4.90. The van der Waals surface area contributed by atoms with Crippen LogP contribution in [0, 0.1) is 0 Å². The molecule has 0 aromatic heterocycles. The third-order valence-electron chi connectivity index (χ3n) is 2.53. The van der Waals surface area contributed by atoms with E-state index < -0.39 is 0 Å². The number of rotatable bonds is 6. The molecule has 0 spiro atoms. The van der Waals surface area contributed by atoms with Crippen molar-refractivity contribution in [2.45, 2.75) is 32.7 Å². The van der Waals surface area contributed by atoms with Crippen LogP contribution in [0.3, 0.4) is 0 Å². The van der Waals surface area contributed by atoms with E-state index in [1.165, 1.54) is 0 Å². The molecule has 0 aliphatic rings. The molecule has 1 unspecified atom stereocenters. The molecule has 0 radical (unpaired) electrons. The molecule has 3 nitrogen and oxygen atoms in total. The van der Waals surface area contributed by atoms with Gasteiger partial charge < -0.3 is 10.6 Å². The summed E-state index contributed by atoms with van der Waals surface area (Å²) >= 11 is 11.7. The van der Waals surface area contributed by atoms with E-state index in [9.17, 15) is 4.79 Å². The first kappa shape index (κ1) is 15.1. The molecule has 5 heteroatoms. The van der Waals surface area contributed by atoms with Crippen molar-refractivity contribution < 1.29 is 4.79 Å². The van der Waals surface area contributed by atoms with E-state index in [0.29, 0.717) is 16.6 Å². The van der Waals surface area contributed by atoms with E-state index in [0.717, 1.165) is 18.5 Å². The van der Waals surface area contributed by atoms with Gasteiger partial charge in [-0.15, -0.1) is 0 Å². The van der Waals surface area contributed by atoms with Crippen LogP contribution in [0.1, 0.15) is 26.7 Å². The van der Waals surface area contributed by atoms with Crippen LogP contribution in [0.4, 0.5) is 5.69 Å². The van der Waals surface area contributed by atoms with Gasteiger partial charge >= 0.3 is 0 Å². The highest BCUT2D eigenvalue weighted by Gasteiger charge is 2.12. The van der Waals surface area contributed by atoms with E-state index >= 15 is 0 Å². The molecule has 1 atom stereocenters. The van der Waals surface area contributed by atoms with Gasteiger partial charge in [0.15, 0.2) is 0 Å². The van der Waals surface area contributed by atoms with Gasteiger partial charge in [0.1, 0.15) is 6.04 Å². The fourth-order valence-electron chi connectivity index (χ4n) is 1.44. The van der Waals surface area contributed by atoms with E-state index in [1.807, 2.05) is 6.92 Å². The van der Waals surface area contributed by atoms with Crippen LogP contribution >= 0.6 is 23.2 Å². The molecule has 1 amide bonds. The first-order chi connectivity index (χ1) is 8.54. The van der Waals surface area contributed by atoms with Gasteiger partial charge in [0.05, 0.1) is 10.0 Å². The Hall–Kier alpha value is -0.930. The summed E-state index contributed by atoms with van der Waals surface area (Å²) in [6.45, 7) is 4.61. The van der Waals surface area contributed by atoms with Crippen LogP contribution < -0.4 is 10.6 Å². The highest BCUT2D eigenvalue weighted by atomic mass is 35.5. The summed E-state index contributed by atoms with van der Waals surface area (Å²) in [5.74, 6) is -0.0190. The standard InChI is InChI=1S/C13H18Cl2N2O/c1-3-4-7-16-13(18)9(2)17-10-5-6-11(14)12(15)8-10/h5-6,8-9,17H,3-4,7H2,1-2H3,(H,16,18). The minimum atomic E-state index is -0.306. The van der Waals surface area contributed by atoms with Gasteiger partial charge in [0, 0.05) is 12.2 Å². The molecular weight excluding hydrogens is 271 g/mol. The highest BCUT2D eigenvalue weighted by Crippen LogP contribution is 2.25. The Morgan fingerprint density at radius 2 is 2.06 bits per heavy atom. The number of carbonyl (C=O) groups excluding carboxylic acids is 1. The number of amides is 1. The first-order valence-corrected chi connectivity index (χ1v) is 6.79. The summed E-state index contributed by atoms with van der Waals surface area (Å²) in [4.78, 5) is 11.7. The van der Waals surface area contributed by atoms with Gasteiger partial charge in [-0.05, 0) is 31.5 Å². The van der Waals surface area contributed by atoms with Gasteiger partial charge in [0.25, 0.3) is 0 Å². The predicted molar refractivity (Wildman–Crippen MR) is 77.5 cm³/mol. The molecule has 0 saturated carbocycles. The maximum atomic E-state index is 11.7. The summed E-state index contributed by atoms with van der Waals surface area (Å²) < 4.78 is 0. The molecule has 1 aromatic carbocycles. The van der Waals surface area contributed by atoms with Crippen molar-refractivity contribution in [2.24, 2.45) is 0 Å². The van der Waals surface area contributed by atoms with Gasteiger partial charge in [-0.25, -0.2) is 0 Å². The van der Waals surface area contributed by atoms with Crippen molar-refractivity contribution in [1.82, 2.24) is 5.32 Å². The third kappa shape index (κ3) is 4.75. The summed E-state index contributed by atoms with van der Waals surface area (Å²) in [7, 11) is 0. The Kier molecular flexibility index (Phi) is 6.30. The second-order valence-electron chi connectivity index (χ2n) is 4.14. The zero-order valence-electron chi connectivity index (χ0n) is 10.6. The van der Waals surface area contributed by atoms with Crippen molar-refractivity contribution in [3.8, 4) is 0 Å². The summed E-state index contributed by atoms with van der Waals surface area (Å²) in [5.41, 5.74) is 0.780. The van der Waals surface area contributed by atoms with Crippen molar-refractivity contribution in [1.29, 1.82) is 0 Å². The Morgan fingerprint density at radius 1 is 1.33 bits per heavy atom. The number of halogens is 2. The SMILES string of the molecule is CCCCNC(=O)C(C)Nc1ccc(Cl)c(Cl)c1. The molecule has 0 fully saturated rings. The van der Waals surface area contributed by atoms with Crippen LogP contribution in [0.2, 0.25) is 10.0 Å². The van der Waals surface area contributed by atoms with Crippen molar-refractivity contribution in [3.63, 3.8) is 0 Å². The number of anilines is 1. The quantitative estimate of drug-likeness (QED) is 0.784. The van der Waals surface area contributed by atoms with Gasteiger partial charge in [0.2, 0.25) is 5.91 Å². The Labute approximate surface area is 118 Å². The number of benzene rings is 1. The van der Waals surface area contributed by atoms with Crippen LogP contribution in [-0.2, 0) is 4.79 Å². The molecule has 0 aliphatic carbocycles. The molecule has 0 heterocycles. The van der Waals surface area contributed by atoms with Crippen LogP contribution in [0.15, 0.2) is 18.2 Å². The lowest BCUT2D eigenvalue weighted by molar-refractivity contribution is -0.121. The molecule has 0 saturated heterocycles. The molecule has 0 bridgehead atoms. The predicted octanol–water partition coefficient (Wildman–Crippen LogP) is 3.71. The normalized spacial score (nSPS) is 12.0. The lowest BCUT2D eigenvalue weighted by Crippen LogP contribution is -2.37. The molecular formula is C13H18Cl2N2O. The Morgan fingerprint density at radius 3 is 2.67 bits per heavy atom. The molecule has 1 aromatic rings. The number of carbonyl (C=O) groups is 1. The maximum Gasteiger partial charge on any atom is 0.242 e. The zero-order chi connectivity index (χ0) is 13.5. The molecule has 1 rings (SSSR count). The number of unbranched alkanes of at least 4 members (excludes halogenated alkanes) is 1. The molecule has 0 aliphatic heterocycles. The van der Waals surface area contributed by atoms with Gasteiger partial charge in [-0.1, -0.05) is 36.5 Å². The average molecular weight is 289 g/mol. The average Bonchev–Trinajstić information content (AvgIpc) is 2.34. The Balaban J connectivity index is 2.50. The molecule has 100 valence electrons. The van der Waals surface area contributed by atoms with E-state index in [-0.39, 0.29) is 11.9 Å². The summed E-state index contributed by atoms with van der Waals surface area (Å²) in [6.07, 6.45) is 2.06. The Bertz CT molecular complexity index is 410. The van der Waals surface area contributed by atoms with Crippen LogP contribution in [-0.4, -0.2) is 18.5 Å². The highest BCUT2D eigenvalue weighted by molar-refractivity contribution is 6.42. The zero-order valence-corrected chi connectivity index (χ0v) is 12.1. The van der Waals surface area contributed by atoms with Crippen molar-refractivity contribution in [3.05, 3.63) is 28.2 Å². The second-order valence-corrected chi connectivity index (χ2v) is 4.95. The van der Waals surface area contributed by atoms with Crippen LogP contribution in [0.25, 0.3) is 0 Å². The van der Waals surface area contributed by atoms with Crippen molar-refractivity contribution >= 4 is 34.8 Å². The smallest absolute Gasteiger partial charge is 0.242 e. The molecule has 18 heavy (non-hydrogen) atoms. The number of nitrogens with one attached hydrogen (secondary N) is 2. The third-order valence-corrected chi connectivity index (χ3v) is 3.26. The number of hydrogen-bond donors (Lipinski definition) is 2. The minimum Gasteiger partial charge on any atom is -0.374 e. The lowest BCUT2D eigenvalue weighted by Gasteiger charge is -2.15. The summed E-state index contributed by atoms with van der Waals surface area (Å²) in [5, 5.41) is 6.93. The fourth-order valence-corrected chi connectivity index (χ4v) is 1.74. The maximum absolute atomic E-state index is 11.7. The largest absolute Gasteiger partial charge is 0.374 e. The van der Waals surface area contributed by atoms with E-state index in [1.54, 1.807) is 18.2 Å². The van der Waals surface area contributed by atoms with Crippen molar-refractivity contribution in [2.75, 3.05) is 11.9 Å². The monoisotopic (exact) mass is 288 g/mol. The van der Waals surface area contributed by atoms with E-state index in [4.69, 9.17) is 23.2 Å². The first-order valence-electron chi connectivity index (χ1n) is 6.04. The number of hydrogen-bond acceptors (Lipinski definition) is 2. The topological polar surface area (TPSA) is 41.1 Å². The minimum absolute atomic E-state index is 0.0190. The van der Waals surface area contributed by atoms with E-state index in [2.05, 4.69) is 17.6 Å². The fraction of sp³-hybridized carbons (Fsp3) is 0.462.